The van der Waals surface area contributed by atoms with Crippen molar-refractivity contribution in [3.05, 3.63) is 24.0 Å². The molecule has 3 heterocycles. The van der Waals surface area contributed by atoms with E-state index in [1.165, 1.54) is 0 Å². The van der Waals surface area contributed by atoms with E-state index in [1.54, 1.807) is 6.20 Å². The molecule has 0 spiro atoms. The Morgan fingerprint density at radius 3 is 2.46 bits per heavy atom. The number of carboxylic acids is 1. The molecule has 2 aromatic rings. The maximum Gasteiger partial charge on any atom is 0.490 e. The minimum absolute atomic E-state index is 0.00185. The highest BCUT2D eigenvalue weighted by atomic mass is 19.4. The molecule has 1 amide bonds. The van der Waals surface area contributed by atoms with Gasteiger partial charge in [-0.1, -0.05) is 0 Å². The number of piperazine rings is 1. The number of alkyl halides is 3. The third-order valence-corrected chi connectivity index (χ3v) is 3.19. The van der Waals surface area contributed by atoms with E-state index in [0.717, 1.165) is 31.6 Å². The number of nitrogens with zero attached hydrogens (tertiary/aromatic N) is 3. The smallest absolute Gasteiger partial charge is 0.475 e. The van der Waals surface area contributed by atoms with Crippen LogP contribution in [0.15, 0.2) is 18.3 Å². The van der Waals surface area contributed by atoms with Gasteiger partial charge in [-0.05, 0) is 12.1 Å². The SMILES string of the molecule is O=C(O)C(F)(F)F.O=C(c1[nH]nc2ncccc12)N1CCNCC1. The lowest BCUT2D eigenvalue weighted by Crippen LogP contribution is -2.46. The quantitative estimate of drug-likeness (QED) is 0.699. The number of aromatic amines is 1. The van der Waals surface area contributed by atoms with Gasteiger partial charge in [-0.3, -0.25) is 9.89 Å². The molecule has 0 aliphatic carbocycles. The molecule has 2 aromatic heterocycles. The Hall–Kier alpha value is -2.69. The molecule has 3 N–H and O–H groups in total. The summed E-state index contributed by atoms with van der Waals surface area (Å²) in [5.74, 6) is -2.76. The number of fused-ring (bicyclic) bond motifs is 1. The minimum Gasteiger partial charge on any atom is -0.475 e. The predicted molar refractivity (Wildman–Crippen MR) is 76.4 cm³/mol. The minimum atomic E-state index is -5.08. The summed E-state index contributed by atoms with van der Waals surface area (Å²) in [5.41, 5.74) is 1.13. The van der Waals surface area contributed by atoms with Crippen LogP contribution in [0.25, 0.3) is 11.0 Å². The fourth-order valence-corrected chi connectivity index (χ4v) is 2.04. The molecular weight excluding hydrogens is 331 g/mol. The summed E-state index contributed by atoms with van der Waals surface area (Å²) in [6.07, 6.45) is -3.41. The van der Waals surface area contributed by atoms with Gasteiger partial charge in [-0.2, -0.15) is 18.3 Å². The molecule has 0 aromatic carbocycles. The van der Waals surface area contributed by atoms with Crippen molar-refractivity contribution in [2.75, 3.05) is 26.2 Å². The van der Waals surface area contributed by atoms with E-state index in [2.05, 4.69) is 20.5 Å². The van der Waals surface area contributed by atoms with Crippen molar-refractivity contribution in [1.82, 2.24) is 25.4 Å². The number of carboxylic acid groups (broad SMARTS) is 1. The van der Waals surface area contributed by atoms with E-state index >= 15 is 0 Å². The Balaban J connectivity index is 0.000000256. The average Bonchev–Trinajstić information content (AvgIpc) is 2.99. The van der Waals surface area contributed by atoms with Crippen molar-refractivity contribution in [3.8, 4) is 0 Å². The lowest BCUT2D eigenvalue weighted by molar-refractivity contribution is -0.192. The van der Waals surface area contributed by atoms with Crippen LogP contribution in [0.2, 0.25) is 0 Å². The lowest BCUT2D eigenvalue weighted by atomic mass is 10.2. The first-order valence-corrected chi connectivity index (χ1v) is 6.90. The fourth-order valence-electron chi connectivity index (χ4n) is 2.04. The maximum absolute atomic E-state index is 12.3. The number of hydrogen-bond acceptors (Lipinski definition) is 5. The van der Waals surface area contributed by atoms with Gasteiger partial charge in [0.25, 0.3) is 5.91 Å². The molecule has 0 bridgehead atoms. The standard InChI is InChI=1S/C11H13N5O.C2HF3O2/c17-11(16-6-4-12-5-7-16)9-8-2-1-3-13-10(8)15-14-9;3-2(4,5)1(6)7/h1-3,12H,4-7H2,(H,13,14,15);(H,6,7). The Labute approximate surface area is 133 Å². The molecule has 3 rings (SSSR count). The number of halogens is 3. The zero-order chi connectivity index (χ0) is 17.7. The second kappa shape index (κ2) is 7.25. The Morgan fingerprint density at radius 2 is 1.88 bits per heavy atom. The van der Waals surface area contributed by atoms with Crippen LogP contribution in [0.1, 0.15) is 10.5 Å². The van der Waals surface area contributed by atoms with Gasteiger partial charge in [0.1, 0.15) is 5.69 Å². The van der Waals surface area contributed by atoms with Crippen LogP contribution in [0.4, 0.5) is 13.2 Å². The third-order valence-electron chi connectivity index (χ3n) is 3.19. The van der Waals surface area contributed by atoms with E-state index in [4.69, 9.17) is 9.90 Å². The van der Waals surface area contributed by atoms with Crippen molar-refractivity contribution in [2.45, 2.75) is 6.18 Å². The van der Waals surface area contributed by atoms with Gasteiger partial charge in [-0.25, -0.2) is 9.78 Å². The summed E-state index contributed by atoms with van der Waals surface area (Å²) in [6, 6.07) is 3.67. The zero-order valence-electron chi connectivity index (χ0n) is 12.3. The van der Waals surface area contributed by atoms with Gasteiger partial charge in [0.05, 0.1) is 5.39 Å². The molecule has 24 heavy (non-hydrogen) atoms. The molecule has 1 aliphatic heterocycles. The predicted octanol–water partition coefficient (Wildman–Crippen LogP) is 0.637. The number of rotatable bonds is 1. The summed E-state index contributed by atoms with van der Waals surface area (Å²) in [6.45, 7) is 3.16. The van der Waals surface area contributed by atoms with Gasteiger partial charge in [0.2, 0.25) is 0 Å². The van der Waals surface area contributed by atoms with E-state index < -0.39 is 12.1 Å². The number of carbonyl (C=O) groups excluding carboxylic acids is 1. The van der Waals surface area contributed by atoms with Crippen LogP contribution in [0.3, 0.4) is 0 Å². The highest BCUT2D eigenvalue weighted by Gasteiger charge is 2.38. The number of nitrogens with one attached hydrogen (secondary N) is 2. The summed E-state index contributed by atoms with van der Waals surface area (Å²) < 4.78 is 31.7. The second-order valence-corrected chi connectivity index (χ2v) is 4.82. The zero-order valence-corrected chi connectivity index (χ0v) is 12.3. The monoisotopic (exact) mass is 345 g/mol. The van der Waals surface area contributed by atoms with E-state index in [9.17, 15) is 18.0 Å². The number of carbonyl (C=O) groups is 2. The Kier molecular flexibility index (Phi) is 5.34. The van der Waals surface area contributed by atoms with E-state index in [0.29, 0.717) is 11.3 Å². The van der Waals surface area contributed by atoms with Crippen LogP contribution >= 0.6 is 0 Å². The molecule has 0 radical (unpaired) electrons. The van der Waals surface area contributed by atoms with Crippen molar-refractivity contribution < 1.29 is 27.9 Å². The average molecular weight is 345 g/mol. The molecule has 0 atom stereocenters. The molecule has 0 saturated carbocycles. The van der Waals surface area contributed by atoms with E-state index in [-0.39, 0.29) is 5.91 Å². The molecule has 8 nitrogen and oxygen atoms in total. The van der Waals surface area contributed by atoms with Crippen LogP contribution < -0.4 is 5.32 Å². The Bertz CT molecular complexity index is 725. The highest BCUT2D eigenvalue weighted by Crippen LogP contribution is 2.15. The number of H-pyrrole nitrogens is 1. The highest BCUT2D eigenvalue weighted by molar-refractivity contribution is 6.03. The second-order valence-electron chi connectivity index (χ2n) is 4.82. The van der Waals surface area contributed by atoms with Crippen molar-refractivity contribution in [1.29, 1.82) is 0 Å². The summed E-state index contributed by atoms with van der Waals surface area (Å²) in [7, 11) is 0. The van der Waals surface area contributed by atoms with Crippen LogP contribution in [-0.4, -0.2) is 69.4 Å². The van der Waals surface area contributed by atoms with Crippen molar-refractivity contribution in [3.63, 3.8) is 0 Å². The van der Waals surface area contributed by atoms with Gasteiger partial charge in [0.15, 0.2) is 5.65 Å². The Morgan fingerprint density at radius 1 is 1.25 bits per heavy atom. The normalized spacial score (nSPS) is 14.9. The molecule has 1 saturated heterocycles. The van der Waals surface area contributed by atoms with Crippen LogP contribution in [0, 0.1) is 0 Å². The van der Waals surface area contributed by atoms with Crippen LogP contribution in [-0.2, 0) is 4.79 Å². The first-order chi connectivity index (χ1) is 11.3. The number of pyridine rings is 1. The topological polar surface area (TPSA) is 111 Å². The molecule has 1 fully saturated rings. The summed E-state index contributed by atoms with van der Waals surface area (Å²) in [5, 5.41) is 18.0. The molecule has 11 heteroatoms. The molecule has 0 unspecified atom stereocenters. The molecule has 130 valence electrons. The lowest BCUT2D eigenvalue weighted by Gasteiger charge is -2.26. The molecule has 1 aliphatic rings. The largest absolute Gasteiger partial charge is 0.490 e. The fraction of sp³-hybridized carbons (Fsp3) is 0.385. The van der Waals surface area contributed by atoms with E-state index in [1.807, 2.05) is 17.0 Å². The van der Waals surface area contributed by atoms with Crippen LogP contribution in [0.5, 0.6) is 0 Å². The number of aromatic nitrogens is 3. The van der Waals surface area contributed by atoms with Gasteiger partial charge < -0.3 is 15.3 Å². The summed E-state index contributed by atoms with van der Waals surface area (Å²) >= 11 is 0. The summed E-state index contributed by atoms with van der Waals surface area (Å²) in [4.78, 5) is 27.1. The molecular formula is C13H14F3N5O3. The van der Waals surface area contributed by atoms with Crippen molar-refractivity contribution >= 4 is 22.9 Å². The van der Waals surface area contributed by atoms with Gasteiger partial charge >= 0.3 is 12.1 Å². The first kappa shape index (κ1) is 17.7. The van der Waals surface area contributed by atoms with Gasteiger partial charge in [-0.15, -0.1) is 0 Å². The third kappa shape index (κ3) is 4.19. The van der Waals surface area contributed by atoms with Gasteiger partial charge in [0, 0.05) is 32.4 Å². The maximum atomic E-state index is 12.3. The number of amides is 1. The first-order valence-electron chi connectivity index (χ1n) is 6.90. The number of hydrogen-bond donors (Lipinski definition) is 3. The van der Waals surface area contributed by atoms with Crippen molar-refractivity contribution in [2.24, 2.45) is 0 Å². The number of aliphatic carboxylic acids is 1.